The van der Waals surface area contributed by atoms with Gasteiger partial charge in [-0.25, -0.2) is 0 Å². The quantitative estimate of drug-likeness (QED) is 0.839. The molecule has 0 atom stereocenters. The van der Waals surface area contributed by atoms with E-state index in [0.29, 0.717) is 11.5 Å². The average Bonchev–Trinajstić information content (AvgIpc) is 2.68. The Morgan fingerprint density at radius 1 is 1.20 bits per heavy atom. The molecule has 0 unspecified atom stereocenters. The molecule has 1 saturated carbocycles. The molecule has 3 nitrogen and oxygen atoms in total. The van der Waals surface area contributed by atoms with Crippen molar-refractivity contribution in [1.82, 2.24) is 10.2 Å². The Balaban J connectivity index is 1.93. The average molecular weight is 282 g/mol. The second-order valence-electron chi connectivity index (χ2n) is 7.46. The second kappa shape index (κ2) is 7.77. The Morgan fingerprint density at radius 3 is 2.65 bits per heavy atom. The van der Waals surface area contributed by atoms with Gasteiger partial charge in [0.25, 0.3) is 0 Å². The molecule has 1 aliphatic carbocycles. The lowest BCUT2D eigenvalue weighted by atomic mass is 9.70. The maximum atomic E-state index is 5.60. The molecule has 0 radical (unpaired) electrons. The van der Waals surface area contributed by atoms with E-state index in [2.05, 4.69) is 31.0 Å². The van der Waals surface area contributed by atoms with Gasteiger partial charge < -0.3 is 15.0 Å². The van der Waals surface area contributed by atoms with Gasteiger partial charge in [0.1, 0.15) is 0 Å². The molecule has 1 N–H and O–H groups in total. The summed E-state index contributed by atoms with van der Waals surface area (Å²) >= 11 is 0. The minimum Gasteiger partial charge on any atom is -0.380 e. The highest BCUT2D eigenvalue weighted by Gasteiger charge is 2.35. The molecule has 1 saturated heterocycles. The molecule has 2 rings (SSSR count). The standard InChI is InChI=1S/C17H34N2O/c1-15(2)18-13-17(7-5-16(3)6-8-17)14-19-9-4-11-20-12-10-19/h15-16,18H,4-14H2,1-3H3. The van der Waals surface area contributed by atoms with Crippen LogP contribution in [0.1, 0.15) is 52.9 Å². The van der Waals surface area contributed by atoms with Crippen LogP contribution >= 0.6 is 0 Å². The van der Waals surface area contributed by atoms with Gasteiger partial charge in [0.05, 0.1) is 6.61 Å². The fourth-order valence-corrected chi connectivity index (χ4v) is 3.62. The maximum Gasteiger partial charge on any atom is 0.0593 e. The molecule has 0 aromatic heterocycles. The second-order valence-corrected chi connectivity index (χ2v) is 7.46. The van der Waals surface area contributed by atoms with Crippen LogP contribution in [0.25, 0.3) is 0 Å². The van der Waals surface area contributed by atoms with Crippen molar-refractivity contribution in [2.45, 2.75) is 58.9 Å². The minimum atomic E-state index is 0.501. The van der Waals surface area contributed by atoms with Crippen molar-refractivity contribution >= 4 is 0 Å². The predicted octanol–water partition coefficient (Wildman–Crippen LogP) is 2.90. The van der Waals surface area contributed by atoms with E-state index < -0.39 is 0 Å². The van der Waals surface area contributed by atoms with Gasteiger partial charge in [-0.2, -0.15) is 0 Å². The summed E-state index contributed by atoms with van der Waals surface area (Å²) in [5.74, 6) is 0.926. The van der Waals surface area contributed by atoms with Gasteiger partial charge in [0, 0.05) is 38.8 Å². The van der Waals surface area contributed by atoms with E-state index in [-0.39, 0.29) is 0 Å². The third-order valence-corrected chi connectivity index (χ3v) is 5.09. The molecule has 0 bridgehead atoms. The maximum absolute atomic E-state index is 5.60. The van der Waals surface area contributed by atoms with Crippen molar-refractivity contribution in [1.29, 1.82) is 0 Å². The smallest absolute Gasteiger partial charge is 0.0593 e. The van der Waals surface area contributed by atoms with Crippen LogP contribution in [0.4, 0.5) is 0 Å². The number of hydrogen-bond acceptors (Lipinski definition) is 3. The highest BCUT2D eigenvalue weighted by Crippen LogP contribution is 2.39. The first-order valence-corrected chi connectivity index (χ1v) is 8.63. The van der Waals surface area contributed by atoms with Gasteiger partial charge in [-0.1, -0.05) is 33.6 Å². The fourth-order valence-electron chi connectivity index (χ4n) is 3.62. The van der Waals surface area contributed by atoms with Crippen molar-refractivity contribution < 1.29 is 4.74 Å². The highest BCUT2D eigenvalue weighted by atomic mass is 16.5. The van der Waals surface area contributed by atoms with E-state index >= 15 is 0 Å². The first kappa shape index (κ1) is 16.3. The zero-order valence-corrected chi connectivity index (χ0v) is 13.8. The summed E-state index contributed by atoms with van der Waals surface area (Å²) in [5.41, 5.74) is 0.501. The number of ether oxygens (including phenoxy) is 1. The predicted molar refractivity (Wildman–Crippen MR) is 85.1 cm³/mol. The topological polar surface area (TPSA) is 24.5 Å². The van der Waals surface area contributed by atoms with Gasteiger partial charge in [0.2, 0.25) is 0 Å². The Labute approximate surface area is 125 Å². The number of nitrogens with one attached hydrogen (secondary N) is 1. The zero-order chi connectivity index (χ0) is 14.4. The highest BCUT2D eigenvalue weighted by molar-refractivity contribution is 4.90. The third-order valence-electron chi connectivity index (χ3n) is 5.09. The molecule has 3 heteroatoms. The summed E-state index contributed by atoms with van der Waals surface area (Å²) in [6.45, 7) is 13.6. The van der Waals surface area contributed by atoms with E-state index in [1.807, 2.05) is 0 Å². The fraction of sp³-hybridized carbons (Fsp3) is 1.00. The van der Waals surface area contributed by atoms with E-state index in [1.54, 1.807) is 0 Å². The third kappa shape index (κ3) is 5.01. The molecule has 0 spiro atoms. The Morgan fingerprint density at radius 2 is 1.95 bits per heavy atom. The lowest BCUT2D eigenvalue weighted by molar-refractivity contribution is 0.0795. The Kier molecular flexibility index (Phi) is 6.31. The van der Waals surface area contributed by atoms with Crippen LogP contribution in [-0.4, -0.2) is 50.3 Å². The van der Waals surface area contributed by atoms with Gasteiger partial charge in [-0.15, -0.1) is 0 Å². The van der Waals surface area contributed by atoms with Crippen LogP contribution in [0, 0.1) is 11.3 Å². The van der Waals surface area contributed by atoms with Gasteiger partial charge in [-0.3, -0.25) is 0 Å². The van der Waals surface area contributed by atoms with Crippen molar-refractivity contribution in [3.8, 4) is 0 Å². The van der Waals surface area contributed by atoms with Crippen molar-refractivity contribution in [2.75, 3.05) is 39.4 Å². The molecule has 20 heavy (non-hydrogen) atoms. The zero-order valence-electron chi connectivity index (χ0n) is 13.8. The van der Waals surface area contributed by atoms with Crippen LogP contribution in [0.2, 0.25) is 0 Å². The summed E-state index contributed by atoms with van der Waals surface area (Å²) in [5, 5.41) is 3.72. The summed E-state index contributed by atoms with van der Waals surface area (Å²) in [6.07, 6.45) is 6.80. The normalized spacial score (nSPS) is 33.3. The first-order valence-electron chi connectivity index (χ1n) is 8.63. The number of rotatable bonds is 5. The molecule has 2 aliphatic rings. The SMILES string of the molecule is CC1CCC(CNC(C)C)(CN2CCCOCC2)CC1. The van der Waals surface area contributed by atoms with E-state index in [0.717, 1.165) is 25.7 Å². The molecule has 1 heterocycles. The van der Waals surface area contributed by atoms with Crippen LogP contribution in [0.15, 0.2) is 0 Å². The number of nitrogens with zero attached hydrogens (tertiary/aromatic N) is 1. The molecule has 0 aromatic rings. The largest absolute Gasteiger partial charge is 0.380 e. The van der Waals surface area contributed by atoms with Crippen LogP contribution in [-0.2, 0) is 4.74 Å². The van der Waals surface area contributed by atoms with E-state index in [4.69, 9.17) is 4.74 Å². The molecule has 0 amide bonds. The summed E-state index contributed by atoms with van der Waals surface area (Å²) in [6, 6.07) is 0.596. The molecule has 118 valence electrons. The summed E-state index contributed by atoms with van der Waals surface area (Å²) in [4.78, 5) is 2.66. The molecule has 0 aromatic carbocycles. The first-order chi connectivity index (χ1) is 9.60. The van der Waals surface area contributed by atoms with E-state index in [9.17, 15) is 0 Å². The van der Waals surface area contributed by atoms with E-state index in [1.165, 1.54) is 51.7 Å². The molecule has 1 aliphatic heterocycles. The van der Waals surface area contributed by atoms with Crippen molar-refractivity contribution in [3.63, 3.8) is 0 Å². The monoisotopic (exact) mass is 282 g/mol. The number of hydrogen-bond donors (Lipinski definition) is 1. The minimum absolute atomic E-state index is 0.501. The van der Waals surface area contributed by atoms with Crippen LogP contribution < -0.4 is 5.32 Å². The van der Waals surface area contributed by atoms with Crippen molar-refractivity contribution in [3.05, 3.63) is 0 Å². The lowest BCUT2D eigenvalue weighted by Crippen LogP contribution is -2.48. The molecule has 2 fully saturated rings. The van der Waals surface area contributed by atoms with Crippen molar-refractivity contribution in [2.24, 2.45) is 11.3 Å². The molecular formula is C17H34N2O. The van der Waals surface area contributed by atoms with Gasteiger partial charge in [0.15, 0.2) is 0 Å². The van der Waals surface area contributed by atoms with Crippen LogP contribution in [0.5, 0.6) is 0 Å². The molecular weight excluding hydrogens is 248 g/mol. The van der Waals surface area contributed by atoms with Crippen LogP contribution in [0.3, 0.4) is 0 Å². The van der Waals surface area contributed by atoms with Gasteiger partial charge in [-0.05, 0) is 30.6 Å². The Hall–Kier alpha value is -0.120. The summed E-state index contributed by atoms with van der Waals surface area (Å²) in [7, 11) is 0. The van der Waals surface area contributed by atoms with Gasteiger partial charge >= 0.3 is 0 Å². The lowest BCUT2D eigenvalue weighted by Gasteiger charge is -2.43. The summed E-state index contributed by atoms with van der Waals surface area (Å²) < 4.78 is 5.60. The Bertz CT molecular complexity index is 264.